The second-order valence-electron chi connectivity index (χ2n) is 3.77. The average molecular weight is 226 g/mol. The summed E-state index contributed by atoms with van der Waals surface area (Å²) in [5, 5.41) is 13.7. The van der Waals surface area contributed by atoms with Gasteiger partial charge in [0.25, 0.3) is 0 Å². The first-order valence-electron chi connectivity index (χ1n) is 5.14. The molecule has 0 aliphatic heterocycles. The highest BCUT2D eigenvalue weighted by Crippen LogP contribution is 2.04. The summed E-state index contributed by atoms with van der Waals surface area (Å²) in [7, 11) is 0. The molecule has 3 N–H and O–H groups in total. The Morgan fingerprint density at radius 2 is 2.00 bits per heavy atom. The molecule has 0 aromatic heterocycles. The molecule has 2 amide bonds. The fraction of sp³-hybridized carbons (Fsp3) is 0.636. The van der Waals surface area contributed by atoms with Gasteiger partial charge in [-0.2, -0.15) is 0 Å². The minimum Gasteiger partial charge on any atom is -0.480 e. The Hall–Kier alpha value is -1.70. The van der Waals surface area contributed by atoms with Gasteiger partial charge in [0.05, 0.1) is 6.54 Å². The third-order valence-electron chi connectivity index (χ3n) is 1.82. The maximum Gasteiger partial charge on any atom is 0.326 e. The molecule has 1 atom stereocenters. The van der Waals surface area contributed by atoms with Crippen LogP contribution >= 0.6 is 0 Å². The summed E-state index contributed by atoms with van der Waals surface area (Å²) in [6.45, 7) is 5.69. The van der Waals surface area contributed by atoms with Gasteiger partial charge in [0.2, 0.25) is 0 Å². The van der Waals surface area contributed by atoms with Crippen LogP contribution in [0.4, 0.5) is 4.79 Å². The number of rotatable bonds is 5. The van der Waals surface area contributed by atoms with Gasteiger partial charge in [-0.3, -0.25) is 0 Å². The monoisotopic (exact) mass is 226 g/mol. The Labute approximate surface area is 95.6 Å². The molecule has 16 heavy (non-hydrogen) atoms. The predicted molar refractivity (Wildman–Crippen MR) is 60.9 cm³/mol. The van der Waals surface area contributed by atoms with Crippen molar-refractivity contribution in [2.45, 2.75) is 33.2 Å². The largest absolute Gasteiger partial charge is 0.480 e. The lowest BCUT2D eigenvalue weighted by Gasteiger charge is -2.16. The van der Waals surface area contributed by atoms with Crippen molar-refractivity contribution in [1.29, 1.82) is 0 Å². The van der Waals surface area contributed by atoms with E-state index in [1.54, 1.807) is 6.92 Å². The Morgan fingerprint density at radius 3 is 2.44 bits per heavy atom. The number of carbonyl (C=O) groups is 2. The number of aliphatic carboxylic acids is 1. The Kier molecular flexibility index (Phi) is 6.77. The summed E-state index contributed by atoms with van der Waals surface area (Å²) in [5.74, 6) is 4.46. The zero-order chi connectivity index (χ0) is 12.6. The van der Waals surface area contributed by atoms with E-state index in [4.69, 9.17) is 5.11 Å². The Bertz CT molecular complexity index is 302. The van der Waals surface area contributed by atoms with E-state index < -0.39 is 18.0 Å². The number of hydrogen-bond donors (Lipinski definition) is 3. The molecule has 0 rings (SSSR count). The van der Waals surface area contributed by atoms with Gasteiger partial charge in [0, 0.05) is 0 Å². The van der Waals surface area contributed by atoms with Crippen LogP contribution in [0.5, 0.6) is 0 Å². The smallest absolute Gasteiger partial charge is 0.326 e. The zero-order valence-electron chi connectivity index (χ0n) is 9.83. The molecule has 0 aromatic carbocycles. The zero-order valence-corrected chi connectivity index (χ0v) is 9.83. The van der Waals surface area contributed by atoms with Crippen LogP contribution in [-0.4, -0.2) is 29.7 Å². The van der Waals surface area contributed by atoms with Crippen LogP contribution in [0.2, 0.25) is 0 Å². The van der Waals surface area contributed by atoms with E-state index in [0.717, 1.165) is 0 Å². The molecule has 0 fully saturated rings. The lowest BCUT2D eigenvalue weighted by atomic mass is 10.0. The molecule has 0 radical (unpaired) electrons. The minimum absolute atomic E-state index is 0.205. The molecule has 0 saturated heterocycles. The fourth-order valence-electron chi connectivity index (χ4n) is 1.12. The predicted octanol–water partition coefficient (Wildman–Crippen LogP) is 0.808. The lowest BCUT2D eigenvalue weighted by molar-refractivity contribution is -0.139. The van der Waals surface area contributed by atoms with Gasteiger partial charge in [-0.05, 0) is 19.3 Å². The Morgan fingerprint density at radius 1 is 1.38 bits per heavy atom. The molecule has 0 unspecified atom stereocenters. The second-order valence-corrected chi connectivity index (χ2v) is 3.77. The molecule has 0 spiro atoms. The maximum atomic E-state index is 11.3. The van der Waals surface area contributed by atoms with Crippen molar-refractivity contribution < 1.29 is 14.7 Å². The van der Waals surface area contributed by atoms with E-state index >= 15 is 0 Å². The molecule has 0 bridgehead atoms. The summed E-state index contributed by atoms with van der Waals surface area (Å²) < 4.78 is 0. The molecule has 0 heterocycles. The number of amides is 2. The van der Waals surface area contributed by atoms with Crippen molar-refractivity contribution in [1.82, 2.24) is 10.6 Å². The van der Waals surface area contributed by atoms with E-state index in [9.17, 15) is 9.59 Å². The van der Waals surface area contributed by atoms with Crippen molar-refractivity contribution in [2.24, 2.45) is 5.92 Å². The fourth-order valence-corrected chi connectivity index (χ4v) is 1.12. The van der Waals surface area contributed by atoms with Gasteiger partial charge in [-0.15, -0.1) is 5.92 Å². The van der Waals surface area contributed by atoms with Crippen LogP contribution in [0.3, 0.4) is 0 Å². The van der Waals surface area contributed by atoms with Crippen molar-refractivity contribution in [2.75, 3.05) is 6.54 Å². The van der Waals surface area contributed by atoms with E-state index in [1.165, 1.54) is 0 Å². The van der Waals surface area contributed by atoms with Gasteiger partial charge in [0.15, 0.2) is 0 Å². The average Bonchev–Trinajstić information content (AvgIpc) is 2.16. The topological polar surface area (TPSA) is 78.4 Å². The van der Waals surface area contributed by atoms with Crippen LogP contribution in [0.15, 0.2) is 0 Å². The number of carbonyl (C=O) groups excluding carboxylic acids is 1. The molecular weight excluding hydrogens is 208 g/mol. The summed E-state index contributed by atoms with van der Waals surface area (Å²) in [6, 6.07) is -1.36. The molecule has 5 heteroatoms. The van der Waals surface area contributed by atoms with E-state index in [-0.39, 0.29) is 12.5 Å². The number of carboxylic acid groups (broad SMARTS) is 1. The molecule has 0 aliphatic carbocycles. The summed E-state index contributed by atoms with van der Waals surface area (Å²) >= 11 is 0. The van der Waals surface area contributed by atoms with E-state index in [0.29, 0.717) is 6.42 Å². The molecule has 0 aliphatic rings. The summed E-state index contributed by atoms with van der Waals surface area (Å²) in [4.78, 5) is 22.1. The lowest BCUT2D eigenvalue weighted by Crippen LogP contribution is -2.46. The van der Waals surface area contributed by atoms with Crippen molar-refractivity contribution in [3.63, 3.8) is 0 Å². The molecule has 5 nitrogen and oxygen atoms in total. The number of hydrogen-bond acceptors (Lipinski definition) is 2. The van der Waals surface area contributed by atoms with Gasteiger partial charge >= 0.3 is 12.0 Å². The van der Waals surface area contributed by atoms with Crippen LogP contribution in [-0.2, 0) is 4.79 Å². The summed E-state index contributed by atoms with van der Waals surface area (Å²) in [5.41, 5.74) is 0. The number of nitrogens with one attached hydrogen (secondary N) is 2. The van der Waals surface area contributed by atoms with Crippen LogP contribution in [0, 0.1) is 17.8 Å². The van der Waals surface area contributed by atoms with Gasteiger partial charge in [-0.25, -0.2) is 9.59 Å². The quantitative estimate of drug-likeness (QED) is 0.607. The van der Waals surface area contributed by atoms with Gasteiger partial charge < -0.3 is 15.7 Å². The third kappa shape index (κ3) is 6.71. The highest BCUT2D eigenvalue weighted by Gasteiger charge is 2.20. The third-order valence-corrected chi connectivity index (χ3v) is 1.82. The maximum absolute atomic E-state index is 11.3. The van der Waals surface area contributed by atoms with Gasteiger partial charge in [0.1, 0.15) is 6.04 Å². The van der Waals surface area contributed by atoms with Crippen molar-refractivity contribution in [3.8, 4) is 11.8 Å². The Balaban J connectivity index is 4.11. The first-order valence-corrected chi connectivity index (χ1v) is 5.14. The van der Waals surface area contributed by atoms with Gasteiger partial charge in [-0.1, -0.05) is 19.8 Å². The first-order chi connectivity index (χ1) is 7.47. The second kappa shape index (κ2) is 7.57. The molecule has 90 valence electrons. The van der Waals surface area contributed by atoms with Crippen molar-refractivity contribution in [3.05, 3.63) is 0 Å². The van der Waals surface area contributed by atoms with E-state index in [1.807, 2.05) is 13.8 Å². The molecule has 0 saturated carbocycles. The number of urea groups is 1. The standard InChI is InChI=1S/C11H18N2O3/c1-4-5-6-12-11(16)13-9(10(14)15)7-8(2)3/h8-9H,6-7H2,1-3H3,(H,14,15)(H2,12,13,16)/t9-/m0/s1. The highest BCUT2D eigenvalue weighted by atomic mass is 16.4. The summed E-state index contributed by atoms with van der Waals surface area (Å²) in [6.07, 6.45) is 0.405. The first kappa shape index (κ1) is 14.3. The SMILES string of the molecule is CC#CCNC(=O)N[C@@H](CC(C)C)C(=O)O. The van der Waals surface area contributed by atoms with E-state index in [2.05, 4.69) is 22.5 Å². The molecular formula is C11H18N2O3. The number of carboxylic acids is 1. The van der Waals surface area contributed by atoms with Crippen molar-refractivity contribution >= 4 is 12.0 Å². The van der Waals surface area contributed by atoms with Crippen LogP contribution in [0.1, 0.15) is 27.2 Å². The molecule has 0 aromatic rings. The van der Waals surface area contributed by atoms with Crippen LogP contribution in [0.25, 0.3) is 0 Å². The highest BCUT2D eigenvalue weighted by molar-refractivity contribution is 5.82. The minimum atomic E-state index is -1.02. The van der Waals surface area contributed by atoms with Crippen LogP contribution < -0.4 is 10.6 Å². The normalized spacial score (nSPS) is 11.2.